The molecule has 1 aromatic carbocycles. The number of carbonyl (C=O) groups excluding carboxylic acids is 1. The molecule has 0 radical (unpaired) electrons. The molecule has 2 N–H and O–H groups in total. The van der Waals surface area contributed by atoms with Gasteiger partial charge in [-0.2, -0.15) is 0 Å². The van der Waals surface area contributed by atoms with Crippen LogP contribution < -0.4 is 10.5 Å². The van der Waals surface area contributed by atoms with Gasteiger partial charge in [0, 0.05) is 17.9 Å². The van der Waals surface area contributed by atoms with Crippen LogP contribution in [-0.4, -0.2) is 27.8 Å². The first-order valence-electron chi connectivity index (χ1n) is 8.41. The fourth-order valence-electron chi connectivity index (χ4n) is 3.54. The topological polar surface area (TPSA) is 91.0 Å². The SMILES string of the molecule is COc1ccc(F)c(-c2scnc2C2CC(=O)c3c(C)nc(N)nc3C2)c1. The van der Waals surface area contributed by atoms with E-state index in [0.29, 0.717) is 45.3 Å². The van der Waals surface area contributed by atoms with Gasteiger partial charge in [-0.1, -0.05) is 0 Å². The lowest BCUT2D eigenvalue weighted by Gasteiger charge is -2.23. The van der Waals surface area contributed by atoms with Crippen molar-refractivity contribution in [2.75, 3.05) is 12.8 Å². The quantitative estimate of drug-likeness (QED) is 0.743. The molecule has 0 amide bonds. The molecule has 0 bridgehead atoms. The maximum absolute atomic E-state index is 14.5. The molecule has 2 heterocycles. The van der Waals surface area contributed by atoms with Crippen molar-refractivity contribution in [2.45, 2.75) is 25.7 Å². The standard InChI is InChI=1S/C19H17FN4O2S/c1-9-16-14(24-19(21)23-9)5-10(6-15(16)25)17-18(27-8-22-17)12-7-11(26-2)3-4-13(12)20/h3-4,7-8,10H,5-6H2,1-2H3,(H2,21,23,24). The minimum atomic E-state index is -0.355. The fraction of sp³-hybridized carbons (Fsp3) is 0.263. The second kappa shape index (κ2) is 6.70. The Morgan fingerprint density at radius 3 is 2.89 bits per heavy atom. The summed E-state index contributed by atoms with van der Waals surface area (Å²) in [6.45, 7) is 1.76. The average Bonchev–Trinajstić information content (AvgIpc) is 3.10. The van der Waals surface area contributed by atoms with Gasteiger partial charge < -0.3 is 10.5 Å². The van der Waals surface area contributed by atoms with E-state index in [-0.39, 0.29) is 29.9 Å². The number of nitrogen functional groups attached to an aromatic ring is 1. The summed E-state index contributed by atoms with van der Waals surface area (Å²) in [5.41, 5.74) is 10.3. The predicted molar refractivity (Wildman–Crippen MR) is 101 cm³/mol. The Balaban J connectivity index is 1.77. The Hall–Kier alpha value is -2.87. The summed E-state index contributed by atoms with van der Waals surface area (Å²) in [6, 6.07) is 4.59. The molecule has 0 saturated carbocycles. The van der Waals surface area contributed by atoms with Crippen molar-refractivity contribution < 1.29 is 13.9 Å². The zero-order valence-corrected chi connectivity index (χ0v) is 15.6. The second-order valence-corrected chi connectivity index (χ2v) is 7.28. The number of fused-ring (bicyclic) bond motifs is 1. The summed E-state index contributed by atoms with van der Waals surface area (Å²) in [6.07, 6.45) is 0.792. The van der Waals surface area contributed by atoms with Crippen LogP contribution in [0, 0.1) is 12.7 Å². The lowest BCUT2D eigenvalue weighted by atomic mass is 9.82. The number of ketones is 1. The van der Waals surface area contributed by atoms with Crippen LogP contribution in [0.2, 0.25) is 0 Å². The third-order valence-electron chi connectivity index (χ3n) is 4.73. The number of aromatic nitrogens is 3. The van der Waals surface area contributed by atoms with E-state index < -0.39 is 0 Å². The summed E-state index contributed by atoms with van der Waals surface area (Å²) in [5, 5.41) is 0. The van der Waals surface area contributed by atoms with Crippen LogP contribution in [0.25, 0.3) is 10.4 Å². The average molecular weight is 384 g/mol. The Bertz CT molecular complexity index is 1050. The van der Waals surface area contributed by atoms with E-state index in [4.69, 9.17) is 10.5 Å². The van der Waals surface area contributed by atoms with Gasteiger partial charge in [-0.25, -0.2) is 19.3 Å². The molecule has 138 valence electrons. The van der Waals surface area contributed by atoms with Crippen molar-refractivity contribution in [2.24, 2.45) is 0 Å². The molecule has 6 nitrogen and oxygen atoms in total. The zero-order chi connectivity index (χ0) is 19.1. The van der Waals surface area contributed by atoms with Crippen LogP contribution in [0.5, 0.6) is 5.75 Å². The van der Waals surface area contributed by atoms with E-state index in [1.165, 1.54) is 24.5 Å². The fourth-order valence-corrected chi connectivity index (χ4v) is 4.44. The third kappa shape index (κ3) is 3.06. The molecule has 1 atom stereocenters. The van der Waals surface area contributed by atoms with Gasteiger partial charge in [-0.05, 0) is 31.5 Å². The van der Waals surface area contributed by atoms with Crippen molar-refractivity contribution in [3.8, 4) is 16.2 Å². The van der Waals surface area contributed by atoms with Crippen molar-refractivity contribution >= 4 is 23.1 Å². The Morgan fingerprint density at radius 2 is 2.11 bits per heavy atom. The monoisotopic (exact) mass is 384 g/mol. The smallest absolute Gasteiger partial charge is 0.220 e. The molecule has 2 aromatic heterocycles. The molecule has 1 unspecified atom stereocenters. The Kier molecular flexibility index (Phi) is 4.35. The van der Waals surface area contributed by atoms with Gasteiger partial charge in [0.05, 0.1) is 40.1 Å². The zero-order valence-electron chi connectivity index (χ0n) is 14.8. The first-order valence-corrected chi connectivity index (χ1v) is 9.29. The number of carbonyl (C=O) groups is 1. The van der Waals surface area contributed by atoms with Gasteiger partial charge in [-0.3, -0.25) is 4.79 Å². The minimum absolute atomic E-state index is 0.0381. The molecular formula is C19H17FN4O2S. The van der Waals surface area contributed by atoms with Gasteiger partial charge >= 0.3 is 0 Å². The Labute approximate surface area is 159 Å². The summed E-state index contributed by atoms with van der Waals surface area (Å²) < 4.78 is 19.7. The van der Waals surface area contributed by atoms with E-state index in [1.54, 1.807) is 24.6 Å². The molecule has 8 heteroatoms. The van der Waals surface area contributed by atoms with E-state index in [0.717, 1.165) is 0 Å². The summed E-state index contributed by atoms with van der Waals surface area (Å²) >= 11 is 1.34. The van der Waals surface area contributed by atoms with E-state index in [1.807, 2.05) is 0 Å². The Morgan fingerprint density at radius 1 is 1.30 bits per heavy atom. The van der Waals surface area contributed by atoms with Crippen molar-refractivity contribution in [1.82, 2.24) is 15.0 Å². The van der Waals surface area contributed by atoms with Crippen LogP contribution in [0.1, 0.15) is 39.8 Å². The highest BCUT2D eigenvalue weighted by atomic mass is 32.1. The summed E-state index contributed by atoms with van der Waals surface area (Å²) in [4.78, 5) is 26.2. The van der Waals surface area contributed by atoms with Gasteiger partial charge in [0.15, 0.2) is 5.78 Å². The van der Waals surface area contributed by atoms with Gasteiger partial charge in [0.2, 0.25) is 5.95 Å². The number of methoxy groups -OCH3 is 1. The van der Waals surface area contributed by atoms with Gasteiger partial charge in [0.1, 0.15) is 11.6 Å². The second-order valence-electron chi connectivity index (χ2n) is 6.43. The van der Waals surface area contributed by atoms with Crippen molar-refractivity contribution in [3.05, 3.63) is 52.2 Å². The third-order valence-corrected chi connectivity index (χ3v) is 5.61. The predicted octanol–water partition coefficient (Wildman–Crippen LogP) is 3.55. The van der Waals surface area contributed by atoms with Crippen LogP contribution >= 0.6 is 11.3 Å². The maximum atomic E-state index is 14.5. The van der Waals surface area contributed by atoms with Crippen LogP contribution in [0.4, 0.5) is 10.3 Å². The molecule has 4 rings (SSSR count). The normalized spacial score (nSPS) is 16.3. The first-order chi connectivity index (χ1) is 13.0. The van der Waals surface area contributed by atoms with E-state index in [2.05, 4.69) is 15.0 Å². The highest BCUT2D eigenvalue weighted by molar-refractivity contribution is 7.13. The number of rotatable bonds is 3. The molecule has 0 fully saturated rings. The molecule has 0 saturated heterocycles. The number of ether oxygens (including phenoxy) is 1. The van der Waals surface area contributed by atoms with Gasteiger partial charge in [-0.15, -0.1) is 11.3 Å². The molecule has 1 aliphatic rings. The molecule has 3 aromatic rings. The molecular weight excluding hydrogens is 367 g/mol. The van der Waals surface area contributed by atoms with Crippen molar-refractivity contribution in [1.29, 1.82) is 0 Å². The van der Waals surface area contributed by atoms with Crippen molar-refractivity contribution in [3.63, 3.8) is 0 Å². The number of hydrogen-bond acceptors (Lipinski definition) is 7. The van der Waals surface area contributed by atoms with E-state index >= 15 is 0 Å². The number of halogens is 1. The maximum Gasteiger partial charge on any atom is 0.220 e. The van der Waals surface area contributed by atoms with Gasteiger partial charge in [0.25, 0.3) is 0 Å². The molecule has 0 aliphatic heterocycles. The number of anilines is 1. The number of benzene rings is 1. The number of nitrogens with two attached hydrogens (primary N) is 1. The van der Waals surface area contributed by atoms with E-state index in [9.17, 15) is 9.18 Å². The molecule has 0 spiro atoms. The number of Topliss-reactive ketones (excluding diaryl/α,β-unsaturated/α-hetero) is 1. The lowest BCUT2D eigenvalue weighted by Crippen LogP contribution is -2.23. The number of hydrogen-bond donors (Lipinski definition) is 1. The minimum Gasteiger partial charge on any atom is -0.497 e. The highest BCUT2D eigenvalue weighted by Crippen LogP contribution is 2.40. The highest BCUT2D eigenvalue weighted by Gasteiger charge is 2.32. The number of thiazole rings is 1. The first kappa shape index (κ1) is 17.5. The molecule has 27 heavy (non-hydrogen) atoms. The summed E-state index contributed by atoms with van der Waals surface area (Å²) in [7, 11) is 1.54. The summed E-state index contributed by atoms with van der Waals surface area (Å²) in [5.74, 6) is 0.129. The van der Waals surface area contributed by atoms with Crippen LogP contribution in [0.3, 0.4) is 0 Å². The largest absolute Gasteiger partial charge is 0.497 e. The molecule has 1 aliphatic carbocycles. The van der Waals surface area contributed by atoms with Crippen LogP contribution in [0.15, 0.2) is 23.7 Å². The number of aryl methyl sites for hydroxylation is 1. The lowest BCUT2D eigenvalue weighted by molar-refractivity contribution is 0.0961. The van der Waals surface area contributed by atoms with Crippen LogP contribution in [-0.2, 0) is 6.42 Å². The number of nitrogens with zero attached hydrogens (tertiary/aromatic N) is 3.